The molecule has 0 spiro atoms. The number of thiocarbonyl (C=S) groups is 1. The van der Waals surface area contributed by atoms with Gasteiger partial charge in [0, 0.05) is 4.88 Å². The van der Waals surface area contributed by atoms with Crippen LogP contribution < -0.4 is 10.7 Å². The van der Waals surface area contributed by atoms with Gasteiger partial charge in [0.2, 0.25) is 5.91 Å². The lowest BCUT2D eigenvalue weighted by Gasteiger charge is -2.17. The molecule has 0 aliphatic carbocycles. The number of hydrogen-bond acceptors (Lipinski definition) is 8. The average Bonchev–Trinajstić information content (AvgIpc) is 3.31. The Morgan fingerprint density at radius 1 is 1.22 bits per heavy atom. The topological polar surface area (TPSA) is 119 Å². The van der Waals surface area contributed by atoms with Gasteiger partial charge in [0.25, 0.3) is 5.91 Å². The second-order valence-corrected chi connectivity index (χ2v) is 8.98. The lowest BCUT2D eigenvalue weighted by atomic mass is 10.1. The van der Waals surface area contributed by atoms with E-state index in [4.69, 9.17) is 22.4 Å². The maximum Gasteiger partial charge on any atom is 0.328 e. The van der Waals surface area contributed by atoms with E-state index in [2.05, 4.69) is 10.7 Å². The Hall–Kier alpha value is -2.71. The van der Waals surface area contributed by atoms with Gasteiger partial charge in [0.05, 0.1) is 18.1 Å². The van der Waals surface area contributed by atoms with E-state index in [1.165, 1.54) is 17.4 Å². The molecule has 1 aliphatic heterocycles. The third-order valence-electron chi connectivity index (χ3n) is 4.15. The van der Waals surface area contributed by atoms with E-state index >= 15 is 0 Å². The van der Waals surface area contributed by atoms with E-state index in [0.29, 0.717) is 16.0 Å². The molecule has 1 atom stereocenters. The van der Waals surface area contributed by atoms with Crippen LogP contribution in [-0.4, -0.2) is 56.5 Å². The first-order valence-corrected chi connectivity index (χ1v) is 11.0. The number of carboxylic acids is 1. The quantitative estimate of drug-likeness (QED) is 0.322. The summed E-state index contributed by atoms with van der Waals surface area (Å²) in [6.45, 7) is -1.22. The number of nitrogens with one attached hydrogen (secondary N) is 2. The largest absolute Gasteiger partial charge is 0.480 e. The summed E-state index contributed by atoms with van der Waals surface area (Å²) < 4.78 is 26.7. The van der Waals surface area contributed by atoms with Crippen molar-refractivity contribution < 1.29 is 33.4 Å². The van der Waals surface area contributed by atoms with Crippen LogP contribution in [0.5, 0.6) is 0 Å². The molecule has 168 valence electrons. The van der Waals surface area contributed by atoms with Crippen molar-refractivity contribution >= 4 is 63.5 Å². The summed E-state index contributed by atoms with van der Waals surface area (Å²) in [5.41, 5.74) is 3.67. The molecule has 1 aromatic carbocycles. The maximum atomic E-state index is 13.5. The molecule has 1 aromatic heterocycles. The summed E-state index contributed by atoms with van der Waals surface area (Å²) in [5.74, 6) is -4.55. The van der Waals surface area contributed by atoms with Gasteiger partial charge >= 0.3 is 5.97 Å². The van der Waals surface area contributed by atoms with E-state index < -0.39 is 48.6 Å². The number of carbonyl (C=O) groups is 3. The van der Waals surface area contributed by atoms with E-state index in [1.54, 1.807) is 17.5 Å². The smallest absolute Gasteiger partial charge is 0.328 e. The summed E-state index contributed by atoms with van der Waals surface area (Å²) >= 11 is 7.44. The third-order valence-corrected chi connectivity index (χ3v) is 6.34. The van der Waals surface area contributed by atoms with Crippen molar-refractivity contribution in [2.24, 2.45) is 0 Å². The van der Waals surface area contributed by atoms with E-state index in [9.17, 15) is 23.2 Å². The summed E-state index contributed by atoms with van der Waals surface area (Å²) in [7, 11) is 0. The van der Waals surface area contributed by atoms with Gasteiger partial charge < -0.3 is 15.5 Å². The average molecular weight is 500 g/mol. The van der Waals surface area contributed by atoms with E-state index in [0.717, 1.165) is 28.9 Å². The minimum absolute atomic E-state index is 0.142. The first kappa shape index (κ1) is 23.9. The van der Waals surface area contributed by atoms with Crippen LogP contribution in [0.1, 0.15) is 4.88 Å². The predicted molar refractivity (Wildman–Crippen MR) is 119 cm³/mol. The summed E-state index contributed by atoms with van der Waals surface area (Å²) in [6.07, 6.45) is 1.58. The van der Waals surface area contributed by atoms with Gasteiger partial charge in [-0.15, -0.1) is 11.3 Å². The van der Waals surface area contributed by atoms with Gasteiger partial charge in [-0.25, -0.2) is 24.0 Å². The maximum absolute atomic E-state index is 13.5. The molecule has 8 nitrogen and oxygen atoms in total. The third kappa shape index (κ3) is 5.55. The molecule has 32 heavy (non-hydrogen) atoms. The van der Waals surface area contributed by atoms with Gasteiger partial charge in [-0.1, -0.05) is 30.0 Å². The highest BCUT2D eigenvalue weighted by molar-refractivity contribution is 8.26. The standard InChI is InChI=1S/C19H15F2N3O5S3/c20-12-2-1-9(4-13(12)21)10-3-11(31-8-10)5-15-17(27)24(19(30)32-15)22-6-16(26)23-14(7-25)18(28)29/h1-5,8,14,22,25H,6-7H2,(H,23,26)(H,28,29)/t14-/m0/s1. The van der Waals surface area contributed by atoms with Crippen LogP contribution in [0.4, 0.5) is 8.78 Å². The molecule has 1 fully saturated rings. The number of rotatable bonds is 8. The minimum atomic E-state index is -1.46. The number of amides is 2. The number of benzene rings is 1. The highest BCUT2D eigenvalue weighted by atomic mass is 32.2. The molecule has 4 N–H and O–H groups in total. The monoisotopic (exact) mass is 499 g/mol. The van der Waals surface area contributed by atoms with Gasteiger partial charge in [0.15, 0.2) is 16.0 Å². The normalized spacial score (nSPS) is 16.0. The molecule has 0 bridgehead atoms. The van der Waals surface area contributed by atoms with Crippen molar-refractivity contribution in [1.29, 1.82) is 0 Å². The predicted octanol–water partition coefficient (Wildman–Crippen LogP) is 1.96. The molecule has 2 heterocycles. The van der Waals surface area contributed by atoms with Crippen molar-refractivity contribution in [3.05, 3.63) is 51.1 Å². The zero-order chi connectivity index (χ0) is 23.4. The molecule has 1 saturated heterocycles. The zero-order valence-electron chi connectivity index (χ0n) is 16.0. The van der Waals surface area contributed by atoms with Crippen LogP contribution in [-0.2, 0) is 14.4 Å². The summed E-state index contributed by atoms with van der Waals surface area (Å²) in [6, 6.07) is 3.82. The number of thioether (sulfide) groups is 1. The molecular weight excluding hydrogens is 484 g/mol. The van der Waals surface area contributed by atoms with E-state index in [1.807, 2.05) is 0 Å². The molecule has 1 aliphatic rings. The lowest BCUT2D eigenvalue weighted by molar-refractivity contribution is -0.143. The Labute approximate surface area is 193 Å². The number of hydrazine groups is 1. The number of carboxylic acid groups (broad SMARTS) is 1. The first-order chi connectivity index (χ1) is 15.2. The molecule has 2 amide bonds. The Bertz CT molecular complexity index is 1120. The van der Waals surface area contributed by atoms with Crippen LogP contribution in [0.2, 0.25) is 0 Å². The number of carbonyl (C=O) groups excluding carboxylic acids is 2. The number of halogens is 2. The second kappa shape index (κ2) is 10.3. The summed E-state index contributed by atoms with van der Waals surface area (Å²) in [4.78, 5) is 36.3. The molecule has 0 unspecified atom stereocenters. The Morgan fingerprint density at radius 3 is 2.62 bits per heavy atom. The van der Waals surface area contributed by atoms with Crippen molar-refractivity contribution in [2.45, 2.75) is 6.04 Å². The highest BCUT2D eigenvalue weighted by Crippen LogP contribution is 2.34. The molecule has 2 aromatic rings. The van der Waals surface area contributed by atoms with Gasteiger partial charge in [-0.2, -0.15) is 0 Å². The molecule has 13 heteroatoms. The van der Waals surface area contributed by atoms with Crippen LogP contribution >= 0.6 is 35.3 Å². The van der Waals surface area contributed by atoms with Crippen LogP contribution in [0.25, 0.3) is 17.2 Å². The number of thiophene rings is 1. The Morgan fingerprint density at radius 2 is 1.97 bits per heavy atom. The minimum Gasteiger partial charge on any atom is -0.480 e. The summed E-state index contributed by atoms with van der Waals surface area (Å²) in [5, 5.41) is 22.6. The van der Waals surface area contributed by atoms with Crippen LogP contribution in [0.15, 0.2) is 34.6 Å². The second-order valence-electron chi connectivity index (χ2n) is 6.36. The van der Waals surface area contributed by atoms with Crippen molar-refractivity contribution in [3.8, 4) is 11.1 Å². The van der Waals surface area contributed by atoms with Crippen molar-refractivity contribution in [3.63, 3.8) is 0 Å². The van der Waals surface area contributed by atoms with Gasteiger partial charge in [-0.05, 0) is 40.8 Å². The molecule has 0 radical (unpaired) electrons. The lowest BCUT2D eigenvalue weighted by Crippen LogP contribution is -2.50. The Balaban J connectivity index is 1.65. The van der Waals surface area contributed by atoms with Crippen molar-refractivity contribution in [1.82, 2.24) is 15.8 Å². The fourth-order valence-electron chi connectivity index (χ4n) is 2.57. The first-order valence-electron chi connectivity index (χ1n) is 8.88. The fraction of sp³-hybridized carbons (Fsp3) is 0.158. The fourth-order valence-corrected chi connectivity index (χ4v) is 4.70. The molecule has 3 rings (SSSR count). The Kier molecular flexibility index (Phi) is 7.69. The van der Waals surface area contributed by atoms with Gasteiger partial charge in [-0.3, -0.25) is 9.59 Å². The highest BCUT2D eigenvalue weighted by Gasteiger charge is 2.33. The van der Waals surface area contributed by atoms with Crippen molar-refractivity contribution in [2.75, 3.05) is 13.2 Å². The number of hydrogen-bond donors (Lipinski definition) is 4. The SMILES string of the molecule is O=C(CNN1C(=O)C(=Cc2cc(-c3ccc(F)c(F)c3)cs2)SC1=S)N[C@@H](CO)C(=O)O. The van der Waals surface area contributed by atoms with Crippen LogP contribution in [0.3, 0.4) is 0 Å². The van der Waals surface area contributed by atoms with Gasteiger partial charge in [0.1, 0.15) is 6.04 Å². The van der Waals surface area contributed by atoms with E-state index in [-0.39, 0.29) is 9.23 Å². The number of aliphatic carboxylic acids is 1. The number of nitrogens with zero attached hydrogens (tertiary/aromatic N) is 1. The number of aliphatic hydroxyl groups excluding tert-OH is 1. The van der Waals surface area contributed by atoms with Crippen LogP contribution in [0, 0.1) is 11.6 Å². The molecular formula is C19H15F2N3O5S3. The zero-order valence-corrected chi connectivity index (χ0v) is 18.5. The number of aliphatic hydroxyl groups is 1. The molecule has 0 saturated carbocycles.